The molecule has 0 saturated heterocycles. The van der Waals surface area contributed by atoms with E-state index in [1.807, 2.05) is 0 Å². The molecular weight excluding hydrogens is 395 g/mol. The second kappa shape index (κ2) is 9.42. The third-order valence-corrected chi connectivity index (χ3v) is 5.18. The van der Waals surface area contributed by atoms with Crippen LogP contribution >= 0.6 is 15.9 Å². The van der Waals surface area contributed by atoms with Gasteiger partial charge in [0.1, 0.15) is 0 Å². The number of benzene rings is 1. The maximum atomic E-state index is 12.2. The van der Waals surface area contributed by atoms with Crippen molar-refractivity contribution in [3.63, 3.8) is 0 Å². The van der Waals surface area contributed by atoms with E-state index in [2.05, 4.69) is 15.9 Å². The fraction of sp³-hybridized carbons (Fsp3) is 0.533. The minimum atomic E-state index is -4.27. The van der Waals surface area contributed by atoms with Crippen molar-refractivity contribution in [1.82, 2.24) is 4.90 Å². The van der Waals surface area contributed by atoms with Gasteiger partial charge in [-0.1, -0.05) is 15.9 Å². The lowest BCUT2D eigenvalue weighted by Crippen LogP contribution is -2.34. The molecule has 0 heterocycles. The van der Waals surface area contributed by atoms with Gasteiger partial charge in [0.2, 0.25) is 5.91 Å². The minimum absolute atomic E-state index is 0.105. The third-order valence-electron chi connectivity index (χ3n) is 3.20. The number of amides is 1. The van der Waals surface area contributed by atoms with Crippen molar-refractivity contribution in [1.29, 1.82) is 0 Å². The van der Waals surface area contributed by atoms with Crippen molar-refractivity contribution in [2.75, 3.05) is 18.8 Å². The highest BCUT2D eigenvalue weighted by Gasteiger charge is 2.28. The number of halogens is 4. The number of hydrogen-bond acceptors (Lipinski definition) is 2. The molecule has 0 aliphatic carbocycles. The van der Waals surface area contributed by atoms with Crippen LogP contribution in [-0.2, 0) is 15.6 Å². The van der Waals surface area contributed by atoms with Crippen LogP contribution in [0.4, 0.5) is 13.2 Å². The monoisotopic (exact) mass is 413 g/mol. The van der Waals surface area contributed by atoms with Gasteiger partial charge in [-0.05, 0) is 37.6 Å². The Morgan fingerprint density at radius 2 is 1.87 bits per heavy atom. The molecule has 0 spiro atoms. The van der Waals surface area contributed by atoms with E-state index in [-0.39, 0.29) is 25.4 Å². The quantitative estimate of drug-likeness (QED) is 0.642. The van der Waals surface area contributed by atoms with Crippen LogP contribution in [0.15, 0.2) is 33.6 Å². The zero-order chi connectivity index (χ0) is 17.5. The predicted octanol–water partition coefficient (Wildman–Crippen LogP) is 4.14. The molecule has 0 radical (unpaired) electrons. The van der Waals surface area contributed by atoms with Gasteiger partial charge in [-0.15, -0.1) is 0 Å². The lowest BCUT2D eigenvalue weighted by molar-refractivity contribution is -0.145. The van der Waals surface area contributed by atoms with Crippen LogP contribution < -0.4 is 0 Å². The van der Waals surface area contributed by atoms with Crippen LogP contribution in [0.2, 0.25) is 0 Å². The van der Waals surface area contributed by atoms with Crippen molar-refractivity contribution < 1.29 is 22.2 Å². The van der Waals surface area contributed by atoms with Crippen molar-refractivity contribution in [3.8, 4) is 0 Å². The van der Waals surface area contributed by atoms with Crippen LogP contribution in [0.3, 0.4) is 0 Å². The first kappa shape index (κ1) is 20.2. The Kier molecular flexibility index (Phi) is 8.25. The number of nitrogens with zero attached hydrogens (tertiary/aromatic N) is 1. The van der Waals surface area contributed by atoms with Gasteiger partial charge < -0.3 is 4.90 Å². The minimum Gasteiger partial charge on any atom is -0.343 e. The molecule has 0 aliphatic heterocycles. The highest BCUT2D eigenvalue weighted by Crippen LogP contribution is 2.20. The topological polar surface area (TPSA) is 37.4 Å². The van der Waals surface area contributed by atoms with Gasteiger partial charge in [-0.3, -0.25) is 9.00 Å². The van der Waals surface area contributed by atoms with Gasteiger partial charge in [0.05, 0.1) is 17.2 Å². The highest BCUT2D eigenvalue weighted by atomic mass is 79.9. The van der Waals surface area contributed by atoms with Gasteiger partial charge in [0, 0.05) is 34.6 Å². The second-order valence-electron chi connectivity index (χ2n) is 4.95. The molecule has 1 unspecified atom stereocenters. The lowest BCUT2D eigenvalue weighted by Gasteiger charge is -2.21. The van der Waals surface area contributed by atoms with Crippen molar-refractivity contribution >= 4 is 32.6 Å². The summed E-state index contributed by atoms with van der Waals surface area (Å²) >= 11 is 3.29. The molecule has 1 atom stereocenters. The van der Waals surface area contributed by atoms with E-state index in [1.54, 1.807) is 31.2 Å². The summed E-state index contributed by atoms with van der Waals surface area (Å²) in [6.45, 7) is 1.56. The Balaban J connectivity index is 2.39. The zero-order valence-electron chi connectivity index (χ0n) is 12.7. The van der Waals surface area contributed by atoms with Crippen LogP contribution in [0.25, 0.3) is 0 Å². The second-order valence-corrected chi connectivity index (χ2v) is 7.43. The Labute approximate surface area is 144 Å². The first-order valence-corrected chi connectivity index (χ1v) is 9.32. The summed E-state index contributed by atoms with van der Waals surface area (Å²) in [5, 5.41) is 0. The van der Waals surface area contributed by atoms with Crippen molar-refractivity contribution in [2.24, 2.45) is 0 Å². The molecule has 8 heteroatoms. The highest BCUT2D eigenvalue weighted by molar-refractivity contribution is 9.10. The molecule has 0 fully saturated rings. The van der Waals surface area contributed by atoms with Crippen molar-refractivity contribution in [2.45, 2.75) is 37.3 Å². The molecule has 3 nitrogen and oxygen atoms in total. The Bertz CT molecular complexity index is 535. The van der Waals surface area contributed by atoms with E-state index in [1.165, 1.54) is 4.90 Å². The third kappa shape index (κ3) is 7.97. The maximum Gasteiger partial charge on any atom is 0.390 e. The number of rotatable bonds is 8. The number of carbonyl (C=O) groups excluding carboxylic acids is 1. The predicted molar refractivity (Wildman–Crippen MR) is 87.6 cm³/mol. The molecule has 23 heavy (non-hydrogen) atoms. The maximum absolute atomic E-state index is 12.2. The SMILES string of the molecule is CCN(CCC(F)(F)F)C(=O)CCCS(=O)c1ccc(Br)cc1. The summed E-state index contributed by atoms with van der Waals surface area (Å²) in [4.78, 5) is 13.8. The smallest absolute Gasteiger partial charge is 0.343 e. The van der Waals surface area contributed by atoms with Crippen LogP contribution in [-0.4, -0.2) is 40.0 Å². The van der Waals surface area contributed by atoms with Crippen molar-refractivity contribution in [3.05, 3.63) is 28.7 Å². The summed E-state index contributed by atoms with van der Waals surface area (Å²) in [6.07, 6.45) is -4.79. The summed E-state index contributed by atoms with van der Waals surface area (Å²) in [5.41, 5.74) is 0. The van der Waals surface area contributed by atoms with Gasteiger partial charge >= 0.3 is 6.18 Å². The molecule has 1 aromatic carbocycles. The molecule has 0 bridgehead atoms. The molecular formula is C15H19BrF3NO2S. The van der Waals surface area contributed by atoms with Gasteiger partial charge in [-0.25, -0.2) is 0 Å². The molecule has 0 saturated carbocycles. The number of hydrogen-bond donors (Lipinski definition) is 0. The summed E-state index contributed by atoms with van der Waals surface area (Å²) in [7, 11) is -1.21. The van der Waals surface area contributed by atoms with Crippen LogP contribution in [0.5, 0.6) is 0 Å². The molecule has 0 N–H and O–H groups in total. The Morgan fingerprint density at radius 3 is 2.39 bits per heavy atom. The largest absolute Gasteiger partial charge is 0.390 e. The first-order chi connectivity index (χ1) is 10.7. The first-order valence-electron chi connectivity index (χ1n) is 7.21. The molecule has 0 aromatic heterocycles. The van der Waals surface area contributed by atoms with Crippen LogP contribution in [0, 0.1) is 0 Å². The molecule has 1 aromatic rings. The fourth-order valence-electron chi connectivity index (χ4n) is 1.94. The van der Waals surface area contributed by atoms with E-state index in [4.69, 9.17) is 0 Å². The summed E-state index contributed by atoms with van der Waals surface area (Å²) in [5.74, 6) is -0.0194. The fourth-order valence-corrected chi connectivity index (χ4v) is 3.28. The van der Waals surface area contributed by atoms with E-state index < -0.39 is 23.4 Å². The molecule has 1 rings (SSSR count). The standard InChI is InChI=1S/C15H19BrF3NO2S/c1-2-20(10-9-15(17,18)19)14(21)4-3-11-23(22)13-7-5-12(16)6-8-13/h5-8H,2-4,9-11H2,1H3. The van der Waals surface area contributed by atoms with E-state index in [9.17, 15) is 22.2 Å². The zero-order valence-corrected chi connectivity index (χ0v) is 15.1. The van der Waals surface area contributed by atoms with E-state index >= 15 is 0 Å². The normalized spacial score (nSPS) is 12.9. The number of carbonyl (C=O) groups is 1. The van der Waals surface area contributed by atoms with Crippen LogP contribution in [0.1, 0.15) is 26.2 Å². The summed E-state index contributed by atoms with van der Waals surface area (Å²) in [6, 6.07) is 7.05. The van der Waals surface area contributed by atoms with E-state index in [0.717, 1.165) is 4.47 Å². The molecule has 0 aliphatic rings. The lowest BCUT2D eigenvalue weighted by atomic mass is 10.2. The molecule has 130 valence electrons. The average molecular weight is 414 g/mol. The van der Waals surface area contributed by atoms with Gasteiger partial charge in [0.25, 0.3) is 0 Å². The van der Waals surface area contributed by atoms with Gasteiger partial charge in [-0.2, -0.15) is 13.2 Å². The Morgan fingerprint density at radius 1 is 1.26 bits per heavy atom. The number of alkyl halides is 3. The average Bonchev–Trinajstić information content (AvgIpc) is 2.47. The van der Waals surface area contributed by atoms with E-state index in [0.29, 0.717) is 17.1 Å². The van der Waals surface area contributed by atoms with Gasteiger partial charge in [0.15, 0.2) is 0 Å². The molecule has 1 amide bonds. The summed E-state index contributed by atoms with van der Waals surface area (Å²) < 4.78 is 49.6. The Hall–Kier alpha value is -0.890.